The Bertz CT molecular complexity index is 623. The van der Waals surface area contributed by atoms with Crippen molar-refractivity contribution in [3.05, 3.63) is 59.4 Å². The number of carboxylic acids is 1. The predicted octanol–water partition coefficient (Wildman–Crippen LogP) is 3.15. The van der Waals surface area contributed by atoms with Crippen LogP contribution < -0.4 is 9.47 Å². The number of ether oxygens (including phenoxy) is 2. The Hall–Kier alpha value is -2.56. The number of aromatic carboxylic acids is 1. The lowest BCUT2D eigenvalue weighted by molar-refractivity contribution is 0.0692. The number of benzene rings is 2. The van der Waals surface area contributed by atoms with Crippen molar-refractivity contribution in [3.63, 3.8) is 0 Å². The van der Waals surface area contributed by atoms with E-state index < -0.39 is 11.8 Å². The summed E-state index contributed by atoms with van der Waals surface area (Å²) in [6.07, 6.45) is 0.659. The Balaban J connectivity index is 1.91. The lowest BCUT2D eigenvalue weighted by Gasteiger charge is -2.08. The van der Waals surface area contributed by atoms with Crippen molar-refractivity contribution in [2.45, 2.75) is 6.42 Å². The summed E-state index contributed by atoms with van der Waals surface area (Å²) in [5, 5.41) is 8.73. The van der Waals surface area contributed by atoms with Crippen LogP contribution in [-0.2, 0) is 6.42 Å². The number of carbonyl (C=O) groups is 1. The quantitative estimate of drug-likeness (QED) is 0.888. The molecule has 0 radical (unpaired) electrons. The molecule has 5 heteroatoms. The average molecular weight is 290 g/mol. The molecule has 0 atom stereocenters. The van der Waals surface area contributed by atoms with E-state index >= 15 is 0 Å². The third-order valence-electron chi connectivity index (χ3n) is 2.99. The average Bonchev–Trinajstić information content (AvgIpc) is 2.47. The molecule has 110 valence electrons. The first kappa shape index (κ1) is 14.8. The van der Waals surface area contributed by atoms with E-state index in [4.69, 9.17) is 14.6 Å². The summed E-state index contributed by atoms with van der Waals surface area (Å²) in [6, 6.07) is 11.3. The Morgan fingerprint density at radius 1 is 1.14 bits per heavy atom. The van der Waals surface area contributed by atoms with Gasteiger partial charge < -0.3 is 14.6 Å². The zero-order chi connectivity index (χ0) is 15.2. The Morgan fingerprint density at radius 2 is 1.81 bits per heavy atom. The normalized spacial score (nSPS) is 10.2. The highest BCUT2D eigenvalue weighted by atomic mass is 19.1. The fourth-order valence-corrected chi connectivity index (χ4v) is 1.84. The first-order valence-electron chi connectivity index (χ1n) is 6.38. The smallest absolute Gasteiger partial charge is 0.338 e. The van der Waals surface area contributed by atoms with Gasteiger partial charge >= 0.3 is 5.97 Å². The van der Waals surface area contributed by atoms with Crippen molar-refractivity contribution in [2.24, 2.45) is 0 Å². The standard InChI is InChI=1S/C16H15FO4/c1-20-12-4-2-11(3-5-12)8-9-21-13-6-7-14(16(18)19)15(17)10-13/h2-7,10H,8-9H2,1H3,(H,18,19). The highest BCUT2D eigenvalue weighted by Gasteiger charge is 2.10. The molecular weight excluding hydrogens is 275 g/mol. The lowest BCUT2D eigenvalue weighted by atomic mass is 10.1. The fraction of sp³-hybridized carbons (Fsp3) is 0.188. The van der Waals surface area contributed by atoms with Crippen molar-refractivity contribution in [3.8, 4) is 11.5 Å². The SMILES string of the molecule is COc1ccc(CCOc2ccc(C(=O)O)c(F)c2)cc1. The van der Waals surface area contributed by atoms with Gasteiger partial charge in [0.25, 0.3) is 0 Å². The summed E-state index contributed by atoms with van der Waals surface area (Å²) in [4.78, 5) is 10.7. The van der Waals surface area contributed by atoms with E-state index in [1.165, 1.54) is 12.1 Å². The maximum atomic E-state index is 13.5. The number of hydrogen-bond donors (Lipinski definition) is 1. The maximum absolute atomic E-state index is 13.5. The third-order valence-corrected chi connectivity index (χ3v) is 2.99. The summed E-state index contributed by atoms with van der Waals surface area (Å²) in [7, 11) is 1.60. The number of halogens is 1. The van der Waals surface area contributed by atoms with Crippen molar-refractivity contribution < 1.29 is 23.8 Å². The first-order valence-corrected chi connectivity index (χ1v) is 6.38. The van der Waals surface area contributed by atoms with Gasteiger partial charge in [0.15, 0.2) is 0 Å². The Morgan fingerprint density at radius 3 is 2.38 bits per heavy atom. The van der Waals surface area contributed by atoms with Crippen molar-refractivity contribution >= 4 is 5.97 Å². The molecule has 0 aromatic heterocycles. The molecule has 1 N–H and O–H groups in total. The summed E-state index contributed by atoms with van der Waals surface area (Å²) in [5.74, 6) is -1.00. The van der Waals surface area contributed by atoms with Crippen LogP contribution in [-0.4, -0.2) is 24.8 Å². The summed E-state index contributed by atoms with van der Waals surface area (Å²) in [5.41, 5.74) is 0.705. The largest absolute Gasteiger partial charge is 0.497 e. The summed E-state index contributed by atoms with van der Waals surface area (Å²) >= 11 is 0. The van der Waals surface area contributed by atoms with E-state index in [-0.39, 0.29) is 5.56 Å². The molecule has 0 spiro atoms. The molecule has 0 fully saturated rings. The van der Waals surface area contributed by atoms with Gasteiger partial charge in [-0.3, -0.25) is 0 Å². The van der Waals surface area contributed by atoms with Crippen molar-refractivity contribution in [2.75, 3.05) is 13.7 Å². The van der Waals surface area contributed by atoms with Gasteiger partial charge in [-0.1, -0.05) is 12.1 Å². The molecule has 0 unspecified atom stereocenters. The molecule has 0 amide bonds. The van der Waals surface area contributed by atoms with Crippen LogP contribution in [0, 0.1) is 5.82 Å². The molecule has 0 saturated heterocycles. The van der Waals surface area contributed by atoms with Gasteiger partial charge in [-0.25, -0.2) is 9.18 Å². The minimum atomic E-state index is -1.29. The second-order valence-electron chi connectivity index (χ2n) is 4.39. The molecule has 21 heavy (non-hydrogen) atoms. The third kappa shape index (κ3) is 3.95. The van der Waals surface area contributed by atoms with Gasteiger partial charge in [0, 0.05) is 12.5 Å². The van der Waals surface area contributed by atoms with Crippen LogP contribution in [0.1, 0.15) is 15.9 Å². The van der Waals surface area contributed by atoms with Crippen LogP contribution >= 0.6 is 0 Å². The van der Waals surface area contributed by atoms with Gasteiger partial charge in [0.2, 0.25) is 0 Å². The molecule has 2 aromatic carbocycles. The van der Waals surface area contributed by atoms with E-state index in [0.717, 1.165) is 17.4 Å². The minimum Gasteiger partial charge on any atom is -0.497 e. The monoisotopic (exact) mass is 290 g/mol. The van der Waals surface area contributed by atoms with Crippen LogP contribution in [0.5, 0.6) is 11.5 Å². The molecule has 0 bridgehead atoms. The van der Waals surface area contributed by atoms with Crippen LogP contribution in [0.2, 0.25) is 0 Å². The second kappa shape index (κ2) is 6.74. The van der Waals surface area contributed by atoms with Crippen molar-refractivity contribution in [1.82, 2.24) is 0 Å². The Kier molecular flexibility index (Phi) is 4.77. The Labute approximate surface area is 121 Å². The molecule has 2 rings (SSSR count). The zero-order valence-electron chi connectivity index (χ0n) is 11.5. The van der Waals surface area contributed by atoms with Gasteiger partial charge in [-0.2, -0.15) is 0 Å². The van der Waals surface area contributed by atoms with Crippen LogP contribution in [0.25, 0.3) is 0 Å². The van der Waals surface area contributed by atoms with Crippen LogP contribution in [0.3, 0.4) is 0 Å². The van der Waals surface area contributed by atoms with E-state index in [2.05, 4.69) is 0 Å². The van der Waals surface area contributed by atoms with E-state index in [1.807, 2.05) is 24.3 Å². The molecule has 0 aliphatic rings. The van der Waals surface area contributed by atoms with Crippen molar-refractivity contribution in [1.29, 1.82) is 0 Å². The number of methoxy groups -OCH3 is 1. The zero-order valence-corrected chi connectivity index (χ0v) is 11.5. The number of hydrogen-bond acceptors (Lipinski definition) is 3. The van der Waals surface area contributed by atoms with Gasteiger partial charge in [-0.15, -0.1) is 0 Å². The summed E-state index contributed by atoms with van der Waals surface area (Å²) in [6.45, 7) is 0.373. The molecule has 0 aliphatic carbocycles. The molecule has 4 nitrogen and oxygen atoms in total. The lowest BCUT2D eigenvalue weighted by Crippen LogP contribution is -2.04. The molecule has 0 heterocycles. The van der Waals surface area contributed by atoms with Gasteiger partial charge in [-0.05, 0) is 29.8 Å². The van der Waals surface area contributed by atoms with Crippen LogP contribution in [0.15, 0.2) is 42.5 Å². The second-order valence-corrected chi connectivity index (χ2v) is 4.39. The number of rotatable bonds is 6. The topological polar surface area (TPSA) is 55.8 Å². The highest BCUT2D eigenvalue weighted by Crippen LogP contribution is 2.17. The van der Waals surface area contributed by atoms with E-state index in [1.54, 1.807) is 7.11 Å². The van der Waals surface area contributed by atoms with Gasteiger partial charge in [0.05, 0.1) is 19.3 Å². The first-order chi connectivity index (χ1) is 10.1. The molecule has 0 saturated carbocycles. The fourth-order valence-electron chi connectivity index (χ4n) is 1.84. The highest BCUT2D eigenvalue weighted by molar-refractivity contribution is 5.88. The molecule has 0 aliphatic heterocycles. The molecular formula is C16H15FO4. The van der Waals surface area contributed by atoms with E-state index in [9.17, 15) is 9.18 Å². The van der Waals surface area contributed by atoms with Gasteiger partial charge in [0.1, 0.15) is 17.3 Å². The minimum absolute atomic E-state index is 0.311. The van der Waals surface area contributed by atoms with E-state index in [0.29, 0.717) is 18.8 Å². The maximum Gasteiger partial charge on any atom is 0.338 e. The number of carboxylic acid groups (broad SMARTS) is 1. The predicted molar refractivity (Wildman–Crippen MR) is 75.6 cm³/mol. The van der Waals surface area contributed by atoms with Crippen LogP contribution in [0.4, 0.5) is 4.39 Å². The summed E-state index contributed by atoms with van der Waals surface area (Å²) < 4.78 is 23.9. The molecule has 2 aromatic rings.